The van der Waals surface area contributed by atoms with Crippen molar-refractivity contribution in [3.8, 4) is 11.4 Å². The van der Waals surface area contributed by atoms with Crippen LogP contribution in [0.1, 0.15) is 12.5 Å². The highest BCUT2D eigenvalue weighted by Crippen LogP contribution is 2.32. The van der Waals surface area contributed by atoms with E-state index in [1.807, 2.05) is 36.4 Å². The maximum atomic E-state index is 5.98. The monoisotopic (exact) mass is 341 g/mol. The number of fused-ring (bicyclic) bond motifs is 1. The normalized spacial score (nSPS) is 16.8. The summed E-state index contributed by atoms with van der Waals surface area (Å²) in [5.74, 6) is 0.693. The molecule has 0 saturated carbocycles. The van der Waals surface area contributed by atoms with E-state index in [4.69, 9.17) is 16.7 Å². The van der Waals surface area contributed by atoms with Crippen molar-refractivity contribution in [1.82, 2.24) is 19.9 Å². The maximum absolute atomic E-state index is 5.98. The fraction of sp³-hybridized carbons (Fsp3) is 0.125. The number of benzene rings is 1. The molecule has 0 fully saturated rings. The van der Waals surface area contributed by atoms with Crippen LogP contribution in [0.4, 0.5) is 0 Å². The van der Waals surface area contributed by atoms with Crippen LogP contribution in [0.5, 0.6) is 0 Å². The first kappa shape index (κ1) is 14.4. The van der Waals surface area contributed by atoms with Gasteiger partial charge in [-0.2, -0.15) is 9.78 Å². The van der Waals surface area contributed by atoms with E-state index in [0.29, 0.717) is 10.8 Å². The summed E-state index contributed by atoms with van der Waals surface area (Å²) in [6.07, 6.45) is 3.49. The van der Waals surface area contributed by atoms with Gasteiger partial charge in [0.15, 0.2) is 5.82 Å². The lowest BCUT2D eigenvalue weighted by Gasteiger charge is -2.19. The zero-order valence-corrected chi connectivity index (χ0v) is 13.8. The van der Waals surface area contributed by atoms with Gasteiger partial charge in [0.1, 0.15) is 0 Å². The third-order valence-electron chi connectivity index (χ3n) is 3.55. The molecule has 0 aliphatic carbocycles. The Labute approximate surface area is 142 Å². The molecule has 2 aromatic heterocycles. The van der Waals surface area contributed by atoms with Crippen molar-refractivity contribution in [3.63, 3.8) is 0 Å². The van der Waals surface area contributed by atoms with E-state index in [1.54, 1.807) is 28.8 Å². The number of pyridine rings is 1. The molecule has 4 rings (SSSR count). The van der Waals surface area contributed by atoms with Crippen LogP contribution < -0.4 is 0 Å². The Morgan fingerprint density at radius 1 is 1.09 bits per heavy atom. The maximum Gasteiger partial charge on any atom is 0.213 e. The van der Waals surface area contributed by atoms with Crippen molar-refractivity contribution in [2.24, 2.45) is 5.10 Å². The van der Waals surface area contributed by atoms with E-state index in [1.165, 1.54) is 0 Å². The summed E-state index contributed by atoms with van der Waals surface area (Å²) in [5.41, 5.74) is 2.91. The molecule has 0 amide bonds. The molecule has 7 heteroatoms. The Bertz CT molecular complexity index is 873. The molecule has 3 aromatic rings. The number of halogens is 1. The topological polar surface area (TPSA) is 56.0 Å². The summed E-state index contributed by atoms with van der Waals surface area (Å²) < 4.78 is 1.78. The summed E-state index contributed by atoms with van der Waals surface area (Å²) in [4.78, 5) is 4.14. The summed E-state index contributed by atoms with van der Waals surface area (Å²) in [6, 6.07) is 11.5. The third-order valence-corrected chi connectivity index (χ3v) is 4.84. The highest BCUT2D eigenvalue weighted by molar-refractivity contribution is 8.00. The molecule has 1 aromatic carbocycles. The molecule has 114 valence electrons. The van der Waals surface area contributed by atoms with Crippen molar-refractivity contribution in [2.75, 3.05) is 0 Å². The Morgan fingerprint density at radius 3 is 2.65 bits per heavy atom. The number of rotatable bonds is 2. The molecule has 1 unspecified atom stereocenters. The first-order chi connectivity index (χ1) is 11.2. The van der Waals surface area contributed by atoms with E-state index >= 15 is 0 Å². The smallest absolute Gasteiger partial charge is 0.213 e. The van der Waals surface area contributed by atoms with Crippen LogP contribution in [-0.4, -0.2) is 30.8 Å². The summed E-state index contributed by atoms with van der Waals surface area (Å²) in [6.45, 7) is 2.11. The van der Waals surface area contributed by atoms with Crippen LogP contribution in [0, 0.1) is 0 Å². The molecule has 0 saturated heterocycles. The Balaban J connectivity index is 1.83. The van der Waals surface area contributed by atoms with Gasteiger partial charge in [0.25, 0.3) is 0 Å². The van der Waals surface area contributed by atoms with Crippen LogP contribution >= 0.6 is 23.4 Å². The zero-order valence-electron chi connectivity index (χ0n) is 12.2. The van der Waals surface area contributed by atoms with Gasteiger partial charge < -0.3 is 0 Å². The second-order valence-corrected chi connectivity index (χ2v) is 6.86. The quantitative estimate of drug-likeness (QED) is 0.712. The van der Waals surface area contributed by atoms with Gasteiger partial charge in [-0.25, -0.2) is 0 Å². The van der Waals surface area contributed by atoms with Gasteiger partial charge in [-0.3, -0.25) is 4.98 Å². The van der Waals surface area contributed by atoms with Crippen LogP contribution in [0.15, 0.2) is 59.0 Å². The number of nitrogens with zero attached hydrogens (tertiary/aromatic N) is 5. The Morgan fingerprint density at radius 2 is 1.91 bits per heavy atom. The molecule has 0 radical (unpaired) electrons. The average molecular weight is 342 g/mol. The molecule has 5 nitrogen and oxygen atoms in total. The minimum atomic E-state index is 0.189. The first-order valence-corrected chi connectivity index (χ1v) is 8.35. The molecule has 0 bridgehead atoms. The molecule has 0 spiro atoms. The van der Waals surface area contributed by atoms with Crippen LogP contribution in [0.2, 0.25) is 5.02 Å². The Kier molecular flexibility index (Phi) is 3.63. The minimum Gasteiger partial charge on any atom is -0.264 e. The zero-order chi connectivity index (χ0) is 15.8. The van der Waals surface area contributed by atoms with Gasteiger partial charge >= 0.3 is 0 Å². The van der Waals surface area contributed by atoms with Crippen molar-refractivity contribution in [1.29, 1.82) is 0 Å². The van der Waals surface area contributed by atoms with E-state index in [2.05, 4.69) is 22.1 Å². The van der Waals surface area contributed by atoms with Gasteiger partial charge in [0.2, 0.25) is 5.16 Å². The van der Waals surface area contributed by atoms with E-state index < -0.39 is 0 Å². The molecule has 1 aliphatic heterocycles. The fourth-order valence-corrected chi connectivity index (χ4v) is 3.47. The summed E-state index contributed by atoms with van der Waals surface area (Å²) in [7, 11) is 0. The predicted molar refractivity (Wildman–Crippen MR) is 92.0 cm³/mol. The van der Waals surface area contributed by atoms with Crippen molar-refractivity contribution in [2.45, 2.75) is 17.3 Å². The van der Waals surface area contributed by atoms with Crippen molar-refractivity contribution < 1.29 is 0 Å². The molecule has 23 heavy (non-hydrogen) atoms. The van der Waals surface area contributed by atoms with Gasteiger partial charge in [-0.1, -0.05) is 35.5 Å². The molecule has 1 aliphatic rings. The van der Waals surface area contributed by atoms with Gasteiger partial charge in [0.05, 0.1) is 11.0 Å². The minimum absolute atomic E-state index is 0.189. The number of hydrogen-bond acceptors (Lipinski definition) is 5. The number of hydrogen-bond donors (Lipinski definition) is 0. The first-order valence-electron chi connectivity index (χ1n) is 7.09. The highest BCUT2D eigenvalue weighted by Gasteiger charge is 2.26. The van der Waals surface area contributed by atoms with Gasteiger partial charge in [-0.05, 0) is 36.8 Å². The largest absolute Gasteiger partial charge is 0.264 e. The SMILES string of the molecule is CC1Sc2nnc(-c3cccnc3)n2N=C1c1ccc(Cl)cc1. The number of thioether (sulfide) groups is 1. The van der Waals surface area contributed by atoms with E-state index in [9.17, 15) is 0 Å². The molecular weight excluding hydrogens is 330 g/mol. The summed E-state index contributed by atoms with van der Waals surface area (Å²) >= 11 is 7.62. The van der Waals surface area contributed by atoms with Crippen molar-refractivity contribution in [3.05, 3.63) is 59.4 Å². The van der Waals surface area contributed by atoms with Crippen LogP contribution in [-0.2, 0) is 0 Å². The third kappa shape index (κ3) is 2.64. The van der Waals surface area contributed by atoms with E-state index in [-0.39, 0.29) is 5.25 Å². The fourth-order valence-electron chi connectivity index (χ4n) is 2.42. The van der Waals surface area contributed by atoms with Crippen molar-refractivity contribution >= 4 is 29.1 Å². The lowest BCUT2D eigenvalue weighted by Crippen LogP contribution is -2.21. The second kappa shape index (κ2) is 5.79. The van der Waals surface area contributed by atoms with Crippen LogP contribution in [0.3, 0.4) is 0 Å². The molecular formula is C16H12ClN5S. The summed E-state index contributed by atoms with van der Waals surface area (Å²) in [5, 5.41) is 15.0. The lowest BCUT2D eigenvalue weighted by atomic mass is 10.1. The van der Waals surface area contributed by atoms with Crippen LogP contribution in [0.25, 0.3) is 11.4 Å². The molecule has 0 N–H and O–H groups in total. The second-order valence-electron chi connectivity index (χ2n) is 5.11. The highest BCUT2D eigenvalue weighted by atomic mass is 35.5. The Hall–Kier alpha value is -2.18. The predicted octanol–water partition coefficient (Wildman–Crippen LogP) is 3.74. The standard InChI is InChI=1S/C16H12ClN5S/c1-10-14(11-4-6-13(17)7-5-11)21-22-15(19-20-16(22)23-10)12-3-2-8-18-9-12/h2-10H,1H3. The average Bonchev–Trinajstić information content (AvgIpc) is 2.98. The molecule has 3 heterocycles. The number of aromatic nitrogens is 4. The molecule has 1 atom stereocenters. The van der Waals surface area contributed by atoms with Gasteiger partial charge in [-0.15, -0.1) is 10.2 Å². The van der Waals surface area contributed by atoms with E-state index in [0.717, 1.165) is 22.0 Å². The van der Waals surface area contributed by atoms with Gasteiger partial charge in [0, 0.05) is 23.0 Å². The lowest BCUT2D eigenvalue weighted by molar-refractivity contribution is 0.754.